The molecule has 0 saturated carbocycles. The molecule has 0 unspecified atom stereocenters. The number of carbonyl (C=O) groups excluding carboxylic acids is 3. The van der Waals surface area contributed by atoms with Crippen LogP contribution in [0.15, 0.2) is 30.5 Å². The molecule has 0 radical (unpaired) electrons. The van der Waals surface area contributed by atoms with E-state index in [2.05, 4.69) is 15.2 Å². The summed E-state index contributed by atoms with van der Waals surface area (Å²) >= 11 is 0. The molecule has 2 aromatic rings. The fraction of sp³-hybridized carbons (Fsp3) is 0.593. The van der Waals surface area contributed by atoms with E-state index in [9.17, 15) is 14.4 Å². The number of hydrogen-bond acceptors (Lipinski definition) is 5. The molecule has 0 aliphatic carbocycles. The Morgan fingerprint density at radius 3 is 2.69 bits per heavy atom. The van der Waals surface area contributed by atoms with Gasteiger partial charge in [0, 0.05) is 42.5 Å². The lowest BCUT2D eigenvalue weighted by atomic mass is 9.92. The van der Waals surface area contributed by atoms with E-state index >= 15 is 0 Å². The highest BCUT2D eigenvalue weighted by Crippen LogP contribution is 2.24. The molecule has 2 amide bonds. The largest absolute Gasteiger partial charge is 0.460 e. The standard InChI is InChI=1S/C27H39N3O5/c1-18(2)14-19(16-24(31)35-27(3,4)5)25(32)29-22-15-20-17-30(23-9-7-6-8-21(20)23)11-13-34-12-10-28-26(22)33/h6-9,17-19,22H,10-16H2,1-5H3,(H,28,33)(H,29,32)/t19-,22+/m1/s1. The Kier molecular flexibility index (Phi) is 8.94. The molecule has 1 aliphatic heterocycles. The number of aromatic nitrogens is 1. The molecule has 2 heterocycles. The number of nitrogens with one attached hydrogen (secondary N) is 2. The number of ether oxygens (including phenoxy) is 2. The maximum absolute atomic E-state index is 13.4. The summed E-state index contributed by atoms with van der Waals surface area (Å²) in [7, 11) is 0. The van der Waals surface area contributed by atoms with Crippen molar-refractivity contribution in [2.24, 2.45) is 11.8 Å². The third kappa shape index (κ3) is 7.82. The lowest BCUT2D eigenvalue weighted by Crippen LogP contribution is -2.50. The van der Waals surface area contributed by atoms with E-state index in [1.807, 2.05) is 44.3 Å². The van der Waals surface area contributed by atoms with Gasteiger partial charge in [-0.15, -0.1) is 0 Å². The summed E-state index contributed by atoms with van der Waals surface area (Å²) in [5.74, 6) is -1.37. The molecule has 1 aliphatic rings. The SMILES string of the molecule is CC(C)C[C@H](CC(=O)OC(C)(C)C)C(=O)N[C@H]1Cc2cn(c3ccccc23)CCOCCNC1=O. The van der Waals surface area contributed by atoms with E-state index in [-0.39, 0.29) is 24.2 Å². The molecule has 0 fully saturated rings. The van der Waals surface area contributed by atoms with Crippen LogP contribution in [0.5, 0.6) is 0 Å². The smallest absolute Gasteiger partial charge is 0.307 e. The van der Waals surface area contributed by atoms with Gasteiger partial charge in [0.1, 0.15) is 11.6 Å². The van der Waals surface area contributed by atoms with Gasteiger partial charge in [-0.05, 0) is 44.7 Å². The number of esters is 1. The Bertz CT molecular complexity index is 1040. The highest BCUT2D eigenvalue weighted by atomic mass is 16.6. The Balaban J connectivity index is 1.84. The third-order valence-corrected chi connectivity index (χ3v) is 5.91. The Labute approximate surface area is 207 Å². The first-order chi connectivity index (χ1) is 16.5. The monoisotopic (exact) mass is 485 g/mol. The molecule has 8 nitrogen and oxygen atoms in total. The van der Waals surface area contributed by atoms with Crippen molar-refractivity contribution in [1.82, 2.24) is 15.2 Å². The maximum atomic E-state index is 13.4. The van der Waals surface area contributed by atoms with Crippen LogP contribution in [0.25, 0.3) is 10.9 Å². The van der Waals surface area contributed by atoms with Crippen LogP contribution < -0.4 is 10.6 Å². The van der Waals surface area contributed by atoms with Gasteiger partial charge in [-0.25, -0.2) is 0 Å². The average molecular weight is 486 g/mol. The fourth-order valence-electron chi connectivity index (χ4n) is 4.46. The van der Waals surface area contributed by atoms with Gasteiger partial charge in [0.05, 0.1) is 19.6 Å². The van der Waals surface area contributed by atoms with Crippen molar-refractivity contribution in [3.8, 4) is 0 Å². The Morgan fingerprint density at radius 2 is 1.97 bits per heavy atom. The number of amides is 2. The van der Waals surface area contributed by atoms with Gasteiger partial charge in [-0.1, -0.05) is 32.0 Å². The summed E-state index contributed by atoms with van der Waals surface area (Å²) in [6, 6.07) is 7.27. The molecule has 1 aromatic heterocycles. The van der Waals surface area contributed by atoms with Crippen LogP contribution >= 0.6 is 0 Å². The second-order valence-corrected chi connectivity index (χ2v) is 10.7. The number of benzene rings is 1. The highest BCUT2D eigenvalue weighted by Gasteiger charge is 2.30. The van der Waals surface area contributed by atoms with Crippen LogP contribution in [0, 0.1) is 11.8 Å². The van der Waals surface area contributed by atoms with Gasteiger partial charge < -0.3 is 24.7 Å². The molecule has 2 N–H and O–H groups in total. The van der Waals surface area contributed by atoms with Crippen molar-refractivity contribution < 1.29 is 23.9 Å². The average Bonchev–Trinajstić information content (AvgIpc) is 3.10. The number of fused-ring (bicyclic) bond motifs is 5. The predicted molar refractivity (Wildman–Crippen MR) is 135 cm³/mol. The van der Waals surface area contributed by atoms with Gasteiger partial charge in [0.25, 0.3) is 0 Å². The molecule has 3 rings (SSSR count). The van der Waals surface area contributed by atoms with Crippen molar-refractivity contribution in [3.05, 3.63) is 36.0 Å². The van der Waals surface area contributed by atoms with Crippen molar-refractivity contribution in [3.63, 3.8) is 0 Å². The molecular weight excluding hydrogens is 446 g/mol. The van der Waals surface area contributed by atoms with Gasteiger partial charge in [0.15, 0.2) is 0 Å². The zero-order valence-electron chi connectivity index (χ0n) is 21.6. The first-order valence-corrected chi connectivity index (χ1v) is 12.5. The van der Waals surface area contributed by atoms with Gasteiger partial charge in [-0.2, -0.15) is 0 Å². The zero-order valence-corrected chi connectivity index (χ0v) is 21.6. The number of nitrogens with zero attached hydrogens (tertiary/aromatic N) is 1. The zero-order chi connectivity index (χ0) is 25.6. The molecule has 192 valence electrons. The summed E-state index contributed by atoms with van der Waals surface area (Å²) in [6.07, 6.45) is 2.89. The summed E-state index contributed by atoms with van der Waals surface area (Å²) in [5, 5.41) is 6.88. The molecule has 8 heteroatoms. The summed E-state index contributed by atoms with van der Waals surface area (Å²) in [6.45, 7) is 11.4. The summed E-state index contributed by atoms with van der Waals surface area (Å²) in [4.78, 5) is 39.0. The summed E-state index contributed by atoms with van der Waals surface area (Å²) < 4.78 is 13.3. The van der Waals surface area contributed by atoms with E-state index in [0.29, 0.717) is 39.1 Å². The fourth-order valence-corrected chi connectivity index (χ4v) is 4.46. The van der Waals surface area contributed by atoms with Crippen LogP contribution in [-0.4, -0.2) is 53.8 Å². The quantitative estimate of drug-likeness (QED) is 0.613. The van der Waals surface area contributed by atoms with E-state index in [4.69, 9.17) is 9.47 Å². The van der Waals surface area contributed by atoms with Crippen LogP contribution in [0.1, 0.15) is 53.0 Å². The van der Waals surface area contributed by atoms with Crippen LogP contribution in [-0.2, 0) is 36.8 Å². The minimum Gasteiger partial charge on any atom is -0.460 e. The highest BCUT2D eigenvalue weighted by molar-refractivity contribution is 5.91. The van der Waals surface area contributed by atoms with Crippen LogP contribution in [0.4, 0.5) is 0 Å². The Morgan fingerprint density at radius 1 is 1.23 bits per heavy atom. The van der Waals surface area contributed by atoms with Crippen LogP contribution in [0.3, 0.4) is 0 Å². The van der Waals surface area contributed by atoms with Crippen molar-refractivity contribution >= 4 is 28.7 Å². The first-order valence-electron chi connectivity index (χ1n) is 12.5. The lowest BCUT2D eigenvalue weighted by Gasteiger charge is -2.25. The van der Waals surface area contributed by atoms with Crippen molar-refractivity contribution in [1.29, 1.82) is 0 Å². The minimum absolute atomic E-state index is 0.0250. The number of hydrogen-bond donors (Lipinski definition) is 2. The van der Waals surface area contributed by atoms with E-state index in [1.165, 1.54) is 0 Å². The second kappa shape index (κ2) is 11.7. The van der Waals surface area contributed by atoms with E-state index in [1.54, 1.807) is 20.8 Å². The molecule has 0 spiro atoms. The van der Waals surface area contributed by atoms with Crippen molar-refractivity contribution in [2.75, 3.05) is 19.8 Å². The van der Waals surface area contributed by atoms with Gasteiger partial charge >= 0.3 is 5.97 Å². The molecule has 2 atom stereocenters. The molecule has 2 bridgehead atoms. The van der Waals surface area contributed by atoms with E-state index in [0.717, 1.165) is 16.5 Å². The number of carbonyl (C=O) groups is 3. The van der Waals surface area contributed by atoms with Crippen molar-refractivity contribution in [2.45, 2.75) is 72.1 Å². The third-order valence-electron chi connectivity index (χ3n) is 5.91. The van der Waals surface area contributed by atoms with Gasteiger partial charge in [0.2, 0.25) is 11.8 Å². The first kappa shape index (κ1) is 26.7. The number of rotatable bonds is 6. The molecular formula is C27H39N3O5. The van der Waals surface area contributed by atoms with E-state index < -0.39 is 23.5 Å². The maximum Gasteiger partial charge on any atom is 0.307 e. The Hall–Kier alpha value is -2.87. The minimum atomic E-state index is -0.769. The molecule has 35 heavy (non-hydrogen) atoms. The normalized spacial score (nSPS) is 18.3. The molecule has 0 saturated heterocycles. The lowest BCUT2D eigenvalue weighted by molar-refractivity contribution is -0.157. The number of para-hydroxylation sites is 1. The predicted octanol–water partition coefficient (Wildman–Crippen LogP) is 3.21. The van der Waals surface area contributed by atoms with Gasteiger partial charge in [-0.3, -0.25) is 14.4 Å². The van der Waals surface area contributed by atoms with Crippen LogP contribution in [0.2, 0.25) is 0 Å². The second-order valence-electron chi connectivity index (χ2n) is 10.7. The summed E-state index contributed by atoms with van der Waals surface area (Å²) in [5.41, 5.74) is 1.42. The molecule has 1 aromatic carbocycles. The topological polar surface area (TPSA) is 98.7 Å².